The average molecular weight is 263 g/mol. The van der Waals surface area contributed by atoms with Gasteiger partial charge >= 0.3 is 0 Å². The molecule has 0 bridgehead atoms. The maximum atomic E-state index is 11.8. The monoisotopic (exact) mass is 263 g/mol. The van der Waals surface area contributed by atoms with Gasteiger partial charge < -0.3 is 14.9 Å². The highest BCUT2D eigenvalue weighted by Crippen LogP contribution is 2.17. The number of aromatic amines is 1. The molecular formula is C13H17N3OS. The van der Waals surface area contributed by atoms with Gasteiger partial charge in [0, 0.05) is 6.04 Å². The van der Waals surface area contributed by atoms with Crippen molar-refractivity contribution in [1.29, 1.82) is 0 Å². The molecular weight excluding hydrogens is 246 g/mol. The second kappa shape index (κ2) is 4.94. The Hall–Kier alpha value is -1.62. The van der Waals surface area contributed by atoms with Crippen LogP contribution in [0.15, 0.2) is 18.2 Å². The van der Waals surface area contributed by atoms with Gasteiger partial charge in [0.05, 0.1) is 11.0 Å². The summed E-state index contributed by atoms with van der Waals surface area (Å²) in [5, 5.41) is 2.87. The van der Waals surface area contributed by atoms with E-state index >= 15 is 0 Å². The minimum absolute atomic E-state index is 0.0245. The van der Waals surface area contributed by atoms with Crippen LogP contribution >= 0.6 is 12.2 Å². The third kappa shape index (κ3) is 2.46. The number of rotatable bonds is 3. The van der Waals surface area contributed by atoms with Crippen molar-refractivity contribution in [3.8, 4) is 0 Å². The van der Waals surface area contributed by atoms with Crippen molar-refractivity contribution in [2.75, 3.05) is 0 Å². The van der Waals surface area contributed by atoms with E-state index in [2.05, 4.69) is 10.3 Å². The molecule has 0 fully saturated rings. The van der Waals surface area contributed by atoms with E-state index in [1.165, 1.54) is 0 Å². The Labute approximate surface area is 111 Å². The fourth-order valence-electron chi connectivity index (χ4n) is 1.99. The summed E-state index contributed by atoms with van der Waals surface area (Å²) in [5.41, 5.74) is 3.10. The fourth-order valence-corrected chi connectivity index (χ4v) is 2.26. The van der Waals surface area contributed by atoms with Crippen LogP contribution in [0.3, 0.4) is 0 Å². The molecule has 1 amide bonds. The summed E-state index contributed by atoms with van der Waals surface area (Å²) in [5.74, 6) is -0.0245. The molecule has 0 aliphatic heterocycles. The highest BCUT2D eigenvalue weighted by molar-refractivity contribution is 7.71. The molecule has 1 aromatic carbocycles. The third-order valence-electron chi connectivity index (χ3n) is 2.77. The van der Waals surface area contributed by atoms with Crippen molar-refractivity contribution in [3.05, 3.63) is 28.5 Å². The van der Waals surface area contributed by atoms with E-state index in [0.717, 1.165) is 16.6 Å². The number of nitrogens with zero attached hydrogens (tertiary/aromatic N) is 1. The van der Waals surface area contributed by atoms with Gasteiger partial charge in [-0.1, -0.05) is 12.1 Å². The number of amides is 1. The van der Waals surface area contributed by atoms with Crippen LogP contribution in [0, 0.1) is 11.7 Å². The Kier molecular flexibility index (Phi) is 3.52. The number of H-pyrrole nitrogens is 1. The molecule has 2 N–H and O–H groups in total. The number of hydrogen-bond acceptors (Lipinski definition) is 2. The summed E-state index contributed by atoms with van der Waals surface area (Å²) in [6.07, 6.45) is 0. The fraction of sp³-hybridized carbons (Fsp3) is 0.385. The van der Waals surface area contributed by atoms with Crippen LogP contribution in [0.4, 0.5) is 0 Å². The lowest BCUT2D eigenvalue weighted by Crippen LogP contribution is -2.33. The van der Waals surface area contributed by atoms with Crippen molar-refractivity contribution < 1.29 is 4.79 Å². The van der Waals surface area contributed by atoms with Crippen molar-refractivity contribution in [3.63, 3.8) is 0 Å². The topological polar surface area (TPSA) is 49.8 Å². The molecule has 0 radical (unpaired) electrons. The van der Waals surface area contributed by atoms with Crippen LogP contribution in [0.5, 0.6) is 0 Å². The summed E-state index contributed by atoms with van der Waals surface area (Å²) >= 11 is 5.27. The van der Waals surface area contributed by atoms with Gasteiger partial charge in [-0.25, -0.2) is 0 Å². The standard InChI is InChI=1S/C13H17N3OS/c1-8(2)14-11(17)7-16-10-6-4-5-9(3)12(10)15-13(16)18/h4-6,8H,7H2,1-3H3,(H,14,17)(H,15,18). The summed E-state index contributed by atoms with van der Waals surface area (Å²) in [4.78, 5) is 15.0. The predicted octanol–water partition coefficient (Wildman–Crippen LogP) is 2.53. The maximum Gasteiger partial charge on any atom is 0.240 e. The SMILES string of the molecule is Cc1cccc2c1[nH]c(=S)n2CC(=O)NC(C)C. The van der Waals surface area contributed by atoms with Crippen LogP contribution in [0.2, 0.25) is 0 Å². The molecule has 0 unspecified atom stereocenters. The highest BCUT2D eigenvalue weighted by Gasteiger charge is 2.10. The number of carbonyl (C=O) groups excluding carboxylic acids is 1. The molecule has 0 saturated carbocycles. The van der Waals surface area contributed by atoms with Gasteiger partial charge in [0.1, 0.15) is 6.54 Å². The molecule has 5 heteroatoms. The lowest BCUT2D eigenvalue weighted by Gasteiger charge is -2.09. The largest absolute Gasteiger partial charge is 0.352 e. The number of aryl methyl sites for hydroxylation is 1. The summed E-state index contributed by atoms with van der Waals surface area (Å²) < 4.78 is 2.41. The van der Waals surface area contributed by atoms with Gasteiger partial charge in [0.2, 0.25) is 5.91 Å². The van der Waals surface area contributed by atoms with Gasteiger partial charge in [-0.05, 0) is 44.6 Å². The summed E-state index contributed by atoms with van der Waals surface area (Å²) in [7, 11) is 0. The number of aromatic nitrogens is 2. The van der Waals surface area contributed by atoms with Gasteiger partial charge in [-0.3, -0.25) is 4.79 Å². The first-order chi connectivity index (χ1) is 8.49. The van der Waals surface area contributed by atoms with E-state index in [-0.39, 0.29) is 18.5 Å². The van der Waals surface area contributed by atoms with E-state index in [1.807, 2.05) is 43.5 Å². The minimum Gasteiger partial charge on any atom is -0.352 e. The Bertz CT molecular complexity index is 639. The molecule has 96 valence electrons. The predicted molar refractivity (Wildman–Crippen MR) is 75.1 cm³/mol. The smallest absolute Gasteiger partial charge is 0.240 e. The number of imidazole rings is 1. The average Bonchev–Trinajstić information content (AvgIpc) is 2.57. The van der Waals surface area contributed by atoms with Crippen molar-refractivity contribution in [2.45, 2.75) is 33.4 Å². The van der Waals surface area contributed by atoms with E-state index < -0.39 is 0 Å². The van der Waals surface area contributed by atoms with Gasteiger partial charge in [0.15, 0.2) is 4.77 Å². The number of carbonyl (C=O) groups is 1. The van der Waals surface area contributed by atoms with Gasteiger partial charge in [-0.2, -0.15) is 0 Å². The molecule has 0 atom stereocenters. The van der Waals surface area contributed by atoms with E-state index in [1.54, 1.807) is 0 Å². The molecule has 0 saturated heterocycles. The van der Waals surface area contributed by atoms with Crippen LogP contribution in [-0.2, 0) is 11.3 Å². The molecule has 18 heavy (non-hydrogen) atoms. The zero-order valence-electron chi connectivity index (χ0n) is 10.8. The Balaban J connectivity index is 2.39. The first-order valence-corrected chi connectivity index (χ1v) is 6.37. The molecule has 4 nitrogen and oxygen atoms in total. The minimum atomic E-state index is -0.0245. The quantitative estimate of drug-likeness (QED) is 0.836. The second-order valence-corrected chi connectivity index (χ2v) is 5.09. The van der Waals surface area contributed by atoms with E-state index in [0.29, 0.717) is 4.77 Å². The first kappa shape index (κ1) is 12.8. The number of hydrogen-bond donors (Lipinski definition) is 2. The molecule has 1 aromatic heterocycles. The maximum absolute atomic E-state index is 11.8. The molecule has 0 spiro atoms. The van der Waals surface area contributed by atoms with E-state index in [9.17, 15) is 4.79 Å². The molecule has 2 rings (SSSR count). The normalized spacial score (nSPS) is 11.1. The lowest BCUT2D eigenvalue weighted by atomic mass is 10.2. The first-order valence-electron chi connectivity index (χ1n) is 5.96. The molecule has 0 aliphatic carbocycles. The van der Waals surface area contributed by atoms with Crippen LogP contribution in [0.1, 0.15) is 19.4 Å². The van der Waals surface area contributed by atoms with Crippen molar-refractivity contribution in [1.82, 2.24) is 14.9 Å². The van der Waals surface area contributed by atoms with Crippen LogP contribution in [0.25, 0.3) is 11.0 Å². The highest BCUT2D eigenvalue weighted by atomic mass is 32.1. The van der Waals surface area contributed by atoms with Crippen LogP contribution < -0.4 is 5.32 Å². The summed E-state index contributed by atoms with van der Waals surface area (Å²) in [6.45, 7) is 6.15. The van der Waals surface area contributed by atoms with Crippen LogP contribution in [-0.4, -0.2) is 21.5 Å². The van der Waals surface area contributed by atoms with E-state index in [4.69, 9.17) is 12.2 Å². The number of benzene rings is 1. The Morgan fingerprint density at radius 2 is 2.22 bits per heavy atom. The Morgan fingerprint density at radius 3 is 2.89 bits per heavy atom. The summed E-state index contributed by atoms with van der Waals surface area (Å²) in [6, 6.07) is 6.10. The lowest BCUT2D eigenvalue weighted by molar-refractivity contribution is -0.122. The molecule has 2 aromatic rings. The number of nitrogens with one attached hydrogen (secondary N) is 2. The zero-order valence-corrected chi connectivity index (χ0v) is 11.6. The second-order valence-electron chi connectivity index (χ2n) is 4.71. The van der Waals surface area contributed by atoms with Crippen molar-refractivity contribution in [2.24, 2.45) is 0 Å². The third-order valence-corrected chi connectivity index (χ3v) is 3.09. The molecule has 0 aliphatic rings. The van der Waals surface area contributed by atoms with Gasteiger partial charge in [-0.15, -0.1) is 0 Å². The molecule has 1 heterocycles. The van der Waals surface area contributed by atoms with Crippen molar-refractivity contribution >= 4 is 29.2 Å². The zero-order chi connectivity index (χ0) is 13.3. The number of para-hydroxylation sites is 1. The number of fused-ring (bicyclic) bond motifs is 1. The Morgan fingerprint density at radius 1 is 1.50 bits per heavy atom. The van der Waals surface area contributed by atoms with Gasteiger partial charge in [0.25, 0.3) is 0 Å².